The standard InChI is InChI=1S/C14H20N4O2/c1-8-10(6-7-11(19)15-3)9(2)16-13-12(8)14(20-5)17-18(13)4/h6-7H2,1-5H3,(H,15,19). The second kappa shape index (κ2) is 5.48. The molecule has 0 aliphatic rings. The van der Waals surface area contributed by atoms with Crippen molar-refractivity contribution in [1.82, 2.24) is 20.1 Å². The van der Waals surface area contributed by atoms with E-state index in [1.807, 2.05) is 20.9 Å². The lowest BCUT2D eigenvalue weighted by Crippen LogP contribution is -2.18. The van der Waals surface area contributed by atoms with Crippen molar-refractivity contribution in [2.75, 3.05) is 14.2 Å². The second-order valence-electron chi connectivity index (χ2n) is 4.81. The van der Waals surface area contributed by atoms with Gasteiger partial charge in [-0.15, -0.1) is 5.10 Å². The molecule has 0 aromatic carbocycles. The Morgan fingerprint density at radius 3 is 2.70 bits per heavy atom. The maximum Gasteiger partial charge on any atom is 0.242 e. The molecule has 20 heavy (non-hydrogen) atoms. The van der Waals surface area contributed by atoms with Crippen LogP contribution in [-0.4, -0.2) is 34.8 Å². The Morgan fingerprint density at radius 2 is 2.10 bits per heavy atom. The molecular weight excluding hydrogens is 256 g/mol. The van der Waals surface area contributed by atoms with E-state index in [1.165, 1.54) is 0 Å². The minimum Gasteiger partial charge on any atom is -0.479 e. The minimum atomic E-state index is 0.0297. The van der Waals surface area contributed by atoms with E-state index in [1.54, 1.807) is 18.8 Å². The van der Waals surface area contributed by atoms with Gasteiger partial charge in [0.05, 0.1) is 12.5 Å². The van der Waals surface area contributed by atoms with E-state index in [-0.39, 0.29) is 5.91 Å². The summed E-state index contributed by atoms with van der Waals surface area (Å²) in [6.07, 6.45) is 1.12. The maximum absolute atomic E-state index is 11.4. The Morgan fingerprint density at radius 1 is 1.40 bits per heavy atom. The highest BCUT2D eigenvalue weighted by molar-refractivity contribution is 5.86. The molecule has 0 spiro atoms. The molecule has 2 aromatic rings. The quantitative estimate of drug-likeness (QED) is 0.913. The van der Waals surface area contributed by atoms with Crippen LogP contribution < -0.4 is 10.1 Å². The van der Waals surface area contributed by atoms with Crippen LogP contribution in [0, 0.1) is 13.8 Å². The molecule has 0 saturated heterocycles. The third-order valence-corrected chi connectivity index (χ3v) is 3.60. The number of methoxy groups -OCH3 is 1. The van der Waals surface area contributed by atoms with Gasteiger partial charge in [0.1, 0.15) is 0 Å². The van der Waals surface area contributed by atoms with Crippen molar-refractivity contribution in [3.05, 3.63) is 16.8 Å². The smallest absolute Gasteiger partial charge is 0.242 e. The lowest BCUT2D eigenvalue weighted by molar-refractivity contribution is -0.120. The van der Waals surface area contributed by atoms with Crippen LogP contribution in [-0.2, 0) is 18.3 Å². The van der Waals surface area contributed by atoms with Crippen molar-refractivity contribution >= 4 is 16.9 Å². The molecule has 0 bridgehead atoms. The topological polar surface area (TPSA) is 69.0 Å². The van der Waals surface area contributed by atoms with Gasteiger partial charge in [0.15, 0.2) is 5.65 Å². The van der Waals surface area contributed by atoms with Crippen LogP contribution in [0.3, 0.4) is 0 Å². The first-order valence-electron chi connectivity index (χ1n) is 6.57. The molecule has 0 aliphatic carbocycles. The molecule has 0 saturated carbocycles. The van der Waals surface area contributed by atoms with Crippen LogP contribution in [0.25, 0.3) is 11.0 Å². The number of aryl methyl sites for hydroxylation is 3. The molecule has 108 valence electrons. The van der Waals surface area contributed by atoms with Gasteiger partial charge in [0.25, 0.3) is 0 Å². The van der Waals surface area contributed by atoms with E-state index in [2.05, 4.69) is 15.4 Å². The summed E-state index contributed by atoms with van der Waals surface area (Å²) in [5.41, 5.74) is 3.92. The molecule has 0 fully saturated rings. The third-order valence-electron chi connectivity index (χ3n) is 3.60. The highest BCUT2D eigenvalue weighted by atomic mass is 16.5. The number of hydrogen-bond acceptors (Lipinski definition) is 4. The molecule has 0 atom stereocenters. The van der Waals surface area contributed by atoms with Crippen LogP contribution >= 0.6 is 0 Å². The van der Waals surface area contributed by atoms with Gasteiger partial charge in [-0.3, -0.25) is 4.79 Å². The third kappa shape index (κ3) is 2.33. The Balaban J connectivity index is 2.52. The van der Waals surface area contributed by atoms with Crippen LogP contribution in [0.5, 0.6) is 5.88 Å². The van der Waals surface area contributed by atoms with E-state index in [0.29, 0.717) is 18.7 Å². The van der Waals surface area contributed by atoms with Crippen LogP contribution in [0.4, 0.5) is 0 Å². The highest BCUT2D eigenvalue weighted by Gasteiger charge is 2.18. The summed E-state index contributed by atoms with van der Waals surface area (Å²) in [5, 5.41) is 7.88. The summed E-state index contributed by atoms with van der Waals surface area (Å²) in [6, 6.07) is 0. The van der Waals surface area contributed by atoms with Gasteiger partial charge in [-0.2, -0.15) is 0 Å². The number of carbonyl (C=O) groups is 1. The van der Waals surface area contributed by atoms with E-state index in [9.17, 15) is 4.79 Å². The van der Waals surface area contributed by atoms with Gasteiger partial charge in [0.2, 0.25) is 11.8 Å². The molecule has 0 radical (unpaired) electrons. The fourth-order valence-corrected chi connectivity index (χ4v) is 2.47. The van der Waals surface area contributed by atoms with Gasteiger partial charge >= 0.3 is 0 Å². The molecular formula is C14H20N4O2. The Hall–Kier alpha value is -2.11. The molecule has 6 heteroatoms. The number of ether oxygens (including phenoxy) is 1. The number of hydrogen-bond donors (Lipinski definition) is 1. The number of pyridine rings is 1. The van der Waals surface area contributed by atoms with Gasteiger partial charge in [-0.25, -0.2) is 9.67 Å². The van der Waals surface area contributed by atoms with Gasteiger partial charge in [0, 0.05) is 26.2 Å². The van der Waals surface area contributed by atoms with Crippen LogP contribution in [0.1, 0.15) is 23.2 Å². The van der Waals surface area contributed by atoms with E-state index in [4.69, 9.17) is 4.74 Å². The van der Waals surface area contributed by atoms with E-state index >= 15 is 0 Å². The van der Waals surface area contributed by atoms with Gasteiger partial charge in [-0.1, -0.05) is 0 Å². The fourth-order valence-electron chi connectivity index (χ4n) is 2.47. The number of fused-ring (bicyclic) bond motifs is 1. The van der Waals surface area contributed by atoms with Crippen molar-refractivity contribution in [2.45, 2.75) is 26.7 Å². The Bertz CT molecular complexity index is 661. The predicted octanol–water partition coefficient (Wildman–Crippen LogP) is 1.27. The Labute approximate surface area is 118 Å². The zero-order valence-electron chi connectivity index (χ0n) is 12.6. The summed E-state index contributed by atoms with van der Waals surface area (Å²) >= 11 is 0. The first-order valence-corrected chi connectivity index (χ1v) is 6.57. The number of rotatable bonds is 4. The zero-order valence-corrected chi connectivity index (χ0v) is 12.6. The van der Waals surface area contributed by atoms with Gasteiger partial charge < -0.3 is 10.1 Å². The summed E-state index contributed by atoms with van der Waals surface area (Å²) in [4.78, 5) is 16.0. The lowest BCUT2D eigenvalue weighted by Gasteiger charge is -2.10. The molecule has 2 aromatic heterocycles. The molecule has 0 unspecified atom stereocenters. The number of nitrogens with zero attached hydrogens (tertiary/aromatic N) is 3. The summed E-state index contributed by atoms with van der Waals surface area (Å²) in [7, 11) is 5.10. The van der Waals surface area contributed by atoms with Crippen molar-refractivity contribution in [3.8, 4) is 5.88 Å². The molecule has 1 N–H and O–H groups in total. The van der Waals surface area contributed by atoms with E-state index < -0.39 is 0 Å². The van der Waals surface area contributed by atoms with Crippen LogP contribution in [0.2, 0.25) is 0 Å². The molecule has 6 nitrogen and oxygen atoms in total. The van der Waals surface area contributed by atoms with Crippen molar-refractivity contribution in [2.24, 2.45) is 7.05 Å². The maximum atomic E-state index is 11.4. The van der Waals surface area contributed by atoms with Crippen molar-refractivity contribution in [1.29, 1.82) is 0 Å². The number of carbonyl (C=O) groups excluding carboxylic acids is 1. The van der Waals surface area contributed by atoms with Crippen molar-refractivity contribution < 1.29 is 9.53 Å². The van der Waals surface area contributed by atoms with Gasteiger partial charge in [-0.05, 0) is 31.4 Å². The number of amides is 1. The largest absolute Gasteiger partial charge is 0.479 e. The first-order chi connectivity index (χ1) is 9.49. The average molecular weight is 276 g/mol. The first kappa shape index (κ1) is 14.3. The number of nitrogens with one attached hydrogen (secondary N) is 1. The summed E-state index contributed by atoms with van der Waals surface area (Å²) < 4.78 is 7.04. The SMILES string of the molecule is CNC(=O)CCc1c(C)nc2c(c(OC)nn2C)c1C. The second-order valence-corrected chi connectivity index (χ2v) is 4.81. The Kier molecular flexibility index (Phi) is 3.92. The lowest BCUT2D eigenvalue weighted by atomic mass is 10.00. The highest BCUT2D eigenvalue weighted by Crippen LogP contribution is 2.30. The normalized spacial score (nSPS) is 10.8. The summed E-state index contributed by atoms with van der Waals surface area (Å²) in [5.74, 6) is 0.607. The molecule has 2 heterocycles. The molecule has 2 rings (SSSR count). The van der Waals surface area contributed by atoms with Crippen LogP contribution in [0.15, 0.2) is 0 Å². The minimum absolute atomic E-state index is 0.0297. The van der Waals surface area contributed by atoms with Crippen molar-refractivity contribution in [3.63, 3.8) is 0 Å². The number of aromatic nitrogens is 3. The predicted molar refractivity (Wildman–Crippen MR) is 76.9 cm³/mol. The van der Waals surface area contributed by atoms with E-state index in [0.717, 1.165) is 27.9 Å². The zero-order chi connectivity index (χ0) is 14.9. The fraction of sp³-hybridized carbons (Fsp3) is 0.500. The monoisotopic (exact) mass is 276 g/mol. The average Bonchev–Trinajstić information content (AvgIpc) is 2.75. The molecule has 0 aliphatic heterocycles. The summed E-state index contributed by atoms with van der Waals surface area (Å²) in [6.45, 7) is 3.99. The molecule has 1 amide bonds.